The summed E-state index contributed by atoms with van der Waals surface area (Å²) in [4.78, 5) is 0. The van der Waals surface area contributed by atoms with Crippen LogP contribution in [0.3, 0.4) is 0 Å². The van der Waals surface area contributed by atoms with E-state index in [9.17, 15) is 0 Å². The molecule has 0 aliphatic heterocycles. The summed E-state index contributed by atoms with van der Waals surface area (Å²) in [5.74, 6) is 1.93. The molecule has 0 aliphatic carbocycles. The Balaban J connectivity index is -0.000000605. The second-order valence-electron chi connectivity index (χ2n) is 2.21. The van der Waals surface area contributed by atoms with E-state index in [1.807, 2.05) is 0 Å². The van der Waals surface area contributed by atoms with Crippen LogP contribution in [-0.2, 0) is 0 Å². The summed E-state index contributed by atoms with van der Waals surface area (Å²) >= 11 is 2.97. The lowest BCUT2D eigenvalue weighted by molar-refractivity contribution is -0.110. The van der Waals surface area contributed by atoms with E-state index in [1.165, 1.54) is 23.5 Å². The van der Waals surface area contributed by atoms with Crippen molar-refractivity contribution in [2.45, 2.75) is 12.8 Å². The molecule has 0 aromatic rings. The molecular weight excluding hydrogens is 352 g/mol. The van der Waals surface area contributed by atoms with Gasteiger partial charge in [-0.3, -0.25) is 22.3 Å². The average molecular weight is 368 g/mol. The van der Waals surface area contributed by atoms with Crippen LogP contribution in [0.5, 0.6) is 0 Å². The summed E-state index contributed by atoms with van der Waals surface area (Å²) in [7, 11) is 0. The highest BCUT2D eigenvalue weighted by atomic mass is 79.9. The fraction of sp³-hybridized carbons (Fsp3) is 0.667. The van der Waals surface area contributed by atoms with Gasteiger partial charge in [-0.05, 0) is 36.4 Å². The summed E-state index contributed by atoms with van der Waals surface area (Å²) in [5.41, 5.74) is 10.5. The number of unbranched alkanes of at least 4 members (excludes halogenated alkanes) is 1. The molecular formula is C6H16Br2N4S2. The van der Waals surface area contributed by atoms with Crippen LogP contribution < -0.4 is 56.2 Å². The monoisotopic (exact) mass is 366 g/mol. The van der Waals surface area contributed by atoms with Crippen molar-refractivity contribution in [3.05, 3.63) is 0 Å². The number of halogens is 2. The van der Waals surface area contributed by atoms with E-state index in [4.69, 9.17) is 22.3 Å². The smallest absolute Gasteiger partial charge is 0.299 e. The quantitative estimate of drug-likeness (QED) is 0.220. The van der Waals surface area contributed by atoms with E-state index in [0.717, 1.165) is 24.3 Å². The van der Waals surface area contributed by atoms with Crippen molar-refractivity contribution in [3.8, 4) is 0 Å². The fourth-order valence-electron chi connectivity index (χ4n) is 0.584. The summed E-state index contributed by atoms with van der Waals surface area (Å²) in [5, 5.41) is 11.4. The van der Waals surface area contributed by atoms with Gasteiger partial charge in [0, 0.05) is 11.5 Å². The van der Waals surface area contributed by atoms with Crippen LogP contribution in [0.15, 0.2) is 0 Å². The van der Waals surface area contributed by atoms with Crippen LogP contribution in [-0.4, -0.2) is 21.8 Å². The largest absolute Gasteiger partial charge is 1.00 e. The van der Waals surface area contributed by atoms with E-state index in [2.05, 4.69) is 0 Å². The van der Waals surface area contributed by atoms with Gasteiger partial charge in [-0.1, -0.05) is 0 Å². The highest BCUT2D eigenvalue weighted by Crippen LogP contribution is 2.06. The molecule has 8 N–H and O–H groups in total. The number of thioether (sulfide) groups is 2. The van der Waals surface area contributed by atoms with Crippen LogP contribution in [0.2, 0.25) is 0 Å². The van der Waals surface area contributed by atoms with Crippen LogP contribution in [0, 0.1) is 0 Å². The standard InChI is InChI=1S/C6H14N4S2.2BrH/c7-5(8)11-3-1-2-4-12-6(9)10;;/h1-4H2,(H3,7,8)(H3,9,10);2*1H. The Labute approximate surface area is 114 Å². The van der Waals surface area contributed by atoms with Gasteiger partial charge >= 0.3 is 0 Å². The highest BCUT2D eigenvalue weighted by molar-refractivity contribution is 8.13. The molecule has 0 amide bonds. The molecule has 0 heterocycles. The lowest BCUT2D eigenvalue weighted by Gasteiger charge is -1.95. The minimum Gasteiger partial charge on any atom is -1.00 e. The zero-order valence-electron chi connectivity index (χ0n) is 7.71. The molecule has 0 unspecified atom stereocenters. The predicted molar refractivity (Wildman–Crippen MR) is 56.4 cm³/mol. The van der Waals surface area contributed by atoms with Gasteiger partial charge in [0.2, 0.25) is 0 Å². The first-order valence-electron chi connectivity index (χ1n) is 3.64. The van der Waals surface area contributed by atoms with Crippen molar-refractivity contribution in [1.82, 2.24) is 0 Å². The van der Waals surface area contributed by atoms with E-state index >= 15 is 0 Å². The van der Waals surface area contributed by atoms with Gasteiger partial charge < -0.3 is 34.0 Å². The SMILES string of the molecule is NC(=[NH2+])SCCCCSC(N)=[NH2+].[Br-].[Br-]. The lowest BCUT2D eigenvalue weighted by Crippen LogP contribution is -3.00. The van der Waals surface area contributed by atoms with Crippen molar-refractivity contribution >= 4 is 33.9 Å². The second kappa shape index (κ2) is 13.6. The average Bonchev–Trinajstić information content (AvgIpc) is 1.95. The molecule has 86 valence electrons. The molecule has 0 spiro atoms. The number of hydrogen-bond acceptors (Lipinski definition) is 2. The van der Waals surface area contributed by atoms with Gasteiger partial charge in [0.05, 0.1) is 0 Å². The number of hydrogen-bond donors (Lipinski definition) is 4. The summed E-state index contributed by atoms with van der Waals surface area (Å²) in [6.07, 6.45) is 2.17. The van der Waals surface area contributed by atoms with Crippen LogP contribution in [0.1, 0.15) is 12.8 Å². The zero-order valence-corrected chi connectivity index (χ0v) is 12.5. The Kier molecular flexibility index (Phi) is 19.5. The third-order valence-electron chi connectivity index (χ3n) is 1.08. The lowest BCUT2D eigenvalue weighted by atomic mass is 10.4. The van der Waals surface area contributed by atoms with E-state index in [1.54, 1.807) is 0 Å². The number of amidine groups is 2. The van der Waals surface area contributed by atoms with Crippen molar-refractivity contribution in [1.29, 1.82) is 0 Å². The third-order valence-corrected chi connectivity index (χ3v) is 2.73. The first kappa shape index (κ1) is 20.1. The van der Waals surface area contributed by atoms with Gasteiger partial charge in [-0.2, -0.15) is 0 Å². The molecule has 4 nitrogen and oxygen atoms in total. The minimum atomic E-state index is 0. The fourth-order valence-corrected chi connectivity index (χ4v) is 1.75. The van der Waals surface area contributed by atoms with E-state index in [-0.39, 0.29) is 34.0 Å². The molecule has 0 radical (unpaired) electrons. The predicted octanol–water partition coefficient (Wildman–Crippen LogP) is -8.61. The molecule has 0 bridgehead atoms. The summed E-state index contributed by atoms with van der Waals surface area (Å²) in [6.45, 7) is 0. The second-order valence-corrected chi connectivity index (χ2v) is 4.55. The number of nitrogens with two attached hydrogens (primary N) is 4. The molecule has 8 heteroatoms. The Morgan fingerprint density at radius 2 is 1.14 bits per heavy atom. The Bertz CT molecular complexity index is 150. The molecule has 0 saturated heterocycles. The maximum atomic E-state index is 5.26. The topological polar surface area (TPSA) is 103 Å². The van der Waals surface area contributed by atoms with Crippen molar-refractivity contribution in [2.24, 2.45) is 11.5 Å². The maximum absolute atomic E-state index is 5.26. The molecule has 0 rings (SSSR count). The molecule has 0 aromatic heterocycles. The van der Waals surface area contributed by atoms with Crippen LogP contribution >= 0.6 is 23.5 Å². The Morgan fingerprint density at radius 3 is 1.36 bits per heavy atom. The Morgan fingerprint density at radius 1 is 0.857 bits per heavy atom. The van der Waals surface area contributed by atoms with Crippen LogP contribution in [0.4, 0.5) is 0 Å². The van der Waals surface area contributed by atoms with Crippen LogP contribution in [0.25, 0.3) is 0 Å². The maximum Gasteiger partial charge on any atom is 0.299 e. The van der Waals surface area contributed by atoms with Crippen molar-refractivity contribution < 1.29 is 44.8 Å². The molecule has 0 atom stereocenters. The summed E-state index contributed by atoms with van der Waals surface area (Å²) in [6, 6.07) is 0. The van der Waals surface area contributed by atoms with E-state index in [0.29, 0.717) is 10.3 Å². The van der Waals surface area contributed by atoms with Crippen molar-refractivity contribution in [3.63, 3.8) is 0 Å². The first-order chi connectivity index (χ1) is 5.63. The van der Waals surface area contributed by atoms with Gasteiger partial charge in [0.1, 0.15) is 0 Å². The van der Waals surface area contributed by atoms with Gasteiger partial charge in [-0.25, -0.2) is 0 Å². The number of rotatable bonds is 5. The molecule has 0 aliphatic rings. The highest BCUT2D eigenvalue weighted by Gasteiger charge is 1.98. The normalized spacial score (nSPS) is 8.29. The first-order valence-corrected chi connectivity index (χ1v) is 5.61. The molecule has 14 heavy (non-hydrogen) atoms. The Hall–Kier alpha value is 0.600. The van der Waals surface area contributed by atoms with E-state index < -0.39 is 0 Å². The minimum absolute atomic E-state index is 0. The molecule has 0 fully saturated rings. The van der Waals surface area contributed by atoms with Gasteiger partial charge in [-0.15, -0.1) is 0 Å². The third kappa shape index (κ3) is 18.4. The zero-order chi connectivity index (χ0) is 9.40. The van der Waals surface area contributed by atoms with Gasteiger partial charge in [0.15, 0.2) is 0 Å². The van der Waals surface area contributed by atoms with Crippen molar-refractivity contribution in [2.75, 3.05) is 11.5 Å². The summed E-state index contributed by atoms with van der Waals surface area (Å²) < 4.78 is 0. The van der Waals surface area contributed by atoms with Gasteiger partial charge in [0.25, 0.3) is 10.3 Å². The molecule has 0 saturated carbocycles. The molecule has 0 aromatic carbocycles.